The van der Waals surface area contributed by atoms with E-state index in [1.807, 2.05) is 0 Å². The average molecular weight is 571 g/mol. The van der Waals surface area contributed by atoms with E-state index in [9.17, 15) is 39.9 Å². The molecule has 12 nitrogen and oxygen atoms in total. The molecule has 0 radical (unpaired) electrons. The minimum absolute atomic E-state index is 0.0351. The molecule has 12 heteroatoms. The summed E-state index contributed by atoms with van der Waals surface area (Å²) < 4.78 is 23.0. The number of fused-ring (bicyclic) bond motifs is 1. The summed E-state index contributed by atoms with van der Waals surface area (Å²) in [5.41, 5.74) is 0.401. The Hall–Kier alpha value is -4.23. The first-order valence-corrected chi connectivity index (χ1v) is 12.6. The number of ether oxygens (including phenoxy) is 3. The van der Waals surface area contributed by atoms with Crippen molar-refractivity contribution in [3.05, 3.63) is 69.1 Å². The first-order chi connectivity index (χ1) is 19.4. The largest absolute Gasteiger partial charge is 0.504 e. The van der Waals surface area contributed by atoms with Crippen molar-refractivity contribution in [3.63, 3.8) is 0 Å². The van der Waals surface area contributed by atoms with Gasteiger partial charge in [0.1, 0.15) is 47.3 Å². The number of hydrogen-bond acceptors (Lipinski definition) is 12. The van der Waals surface area contributed by atoms with E-state index < -0.39 is 54.3 Å². The van der Waals surface area contributed by atoms with E-state index in [0.717, 1.165) is 6.08 Å². The lowest BCUT2D eigenvalue weighted by atomic mass is 9.89. The predicted molar refractivity (Wildman–Crippen MR) is 144 cm³/mol. The highest BCUT2D eigenvalue weighted by molar-refractivity contribution is 5.88. The van der Waals surface area contributed by atoms with E-state index in [0.29, 0.717) is 11.1 Å². The third-order valence-corrected chi connectivity index (χ3v) is 6.71. The van der Waals surface area contributed by atoms with Crippen molar-refractivity contribution in [2.45, 2.75) is 50.8 Å². The molecule has 0 saturated carbocycles. The number of phenols is 2. The molecule has 1 aliphatic rings. The minimum Gasteiger partial charge on any atom is -0.504 e. The van der Waals surface area contributed by atoms with Crippen LogP contribution in [-0.2, 0) is 25.5 Å². The Labute approximate surface area is 233 Å². The van der Waals surface area contributed by atoms with Crippen LogP contribution in [0.1, 0.15) is 35.5 Å². The molecule has 3 aromatic rings. The van der Waals surface area contributed by atoms with Crippen LogP contribution in [0.25, 0.3) is 17.0 Å². The number of aliphatic hydroxyl groups excluding tert-OH is 3. The van der Waals surface area contributed by atoms with Crippen LogP contribution in [0.5, 0.6) is 17.2 Å². The molecule has 1 aromatic heterocycles. The fraction of sp³-hybridized carbons (Fsp3) is 0.345. The fourth-order valence-electron chi connectivity index (χ4n) is 4.77. The van der Waals surface area contributed by atoms with Gasteiger partial charge in [-0.15, -0.1) is 0 Å². The monoisotopic (exact) mass is 570 g/mol. The number of ketones is 1. The van der Waals surface area contributed by atoms with Gasteiger partial charge in [0.15, 0.2) is 23.0 Å². The van der Waals surface area contributed by atoms with Gasteiger partial charge in [-0.25, -0.2) is 4.79 Å². The second-order valence-corrected chi connectivity index (χ2v) is 9.71. The molecule has 0 aliphatic carbocycles. The van der Waals surface area contributed by atoms with Gasteiger partial charge in [0.05, 0.1) is 31.1 Å². The predicted octanol–water partition coefficient (Wildman–Crippen LogP) is 1.43. The van der Waals surface area contributed by atoms with Gasteiger partial charge in [-0.05, 0) is 49.2 Å². The zero-order chi connectivity index (χ0) is 30.0. The standard InChI is InChI=1S/C29H30O12/c1-13-8-20(38-3)24(27-23(13)19(34)11-16(39-27)9-14(2)31)28-29(26(37)25(36)21(12-30)40-28)41-22(35)7-5-15-4-6-17(32)18(33)10-15/h4-8,10-11,21,25-26,28-30,32-33,36-37H,9,12H2,1-3H3/b7-5+/t21-,25-,26+,28+,29-/m1/s1. The highest BCUT2D eigenvalue weighted by atomic mass is 16.6. The Morgan fingerprint density at radius 3 is 2.44 bits per heavy atom. The first-order valence-electron chi connectivity index (χ1n) is 12.6. The van der Waals surface area contributed by atoms with Crippen LogP contribution in [-0.4, -0.2) is 75.4 Å². The Morgan fingerprint density at radius 2 is 1.80 bits per heavy atom. The maximum atomic E-state index is 13.1. The second-order valence-electron chi connectivity index (χ2n) is 9.71. The highest BCUT2D eigenvalue weighted by Crippen LogP contribution is 2.43. The van der Waals surface area contributed by atoms with Crippen LogP contribution in [0.2, 0.25) is 0 Å². The fourth-order valence-corrected chi connectivity index (χ4v) is 4.77. The lowest BCUT2D eigenvalue weighted by Crippen LogP contribution is -2.56. The van der Waals surface area contributed by atoms with Crippen molar-refractivity contribution in [2.24, 2.45) is 0 Å². The maximum Gasteiger partial charge on any atom is 0.331 e. The molecule has 218 valence electrons. The quantitative estimate of drug-likeness (QED) is 0.149. The van der Waals surface area contributed by atoms with Crippen LogP contribution in [0.3, 0.4) is 0 Å². The lowest BCUT2D eigenvalue weighted by molar-refractivity contribution is -0.239. The number of carbonyl (C=O) groups excluding carboxylic acids is 2. The molecule has 2 heterocycles. The van der Waals surface area contributed by atoms with E-state index >= 15 is 0 Å². The number of aromatic hydroxyl groups is 2. The van der Waals surface area contributed by atoms with Crippen LogP contribution >= 0.6 is 0 Å². The summed E-state index contributed by atoms with van der Waals surface area (Å²) in [6.07, 6.45) is -5.61. The number of aliphatic hydroxyl groups is 3. The summed E-state index contributed by atoms with van der Waals surface area (Å²) in [5, 5.41) is 50.7. The SMILES string of the molecule is COc1cc(C)c2c(=O)cc(CC(C)=O)oc2c1[C@@H]1O[C@H](CO)[C@@H](O)[C@H](O)[C@H]1OC(=O)/C=C/c1ccc(O)c(O)c1. The van der Waals surface area contributed by atoms with Crippen LogP contribution < -0.4 is 10.2 Å². The molecule has 2 aromatic carbocycles. The molecule has 5 atom stereocenters. The number of phenolic OH excluding ortho intramolecular Hbond substituents is 2. The van der Waals surface area contributed by atoms with E-state index in [1.165, 1.54) is 50.4 Å². The molecule has 41 heavy (non-hydrogen) atoms. The third kappa shape index (κ3) is 6.10. The van der Waals surface area contributed by atoms with Crippen molar-refractivity contribution in [1.82, 2.24) is 0 Å². The number of esters is 1. The molecule has 0 spiro atoms. The number of Topliss-reactive ketones (excluding diaryl/α,β-unsaturated/α-hetero) is 1. The van der Waals surface area contributed by atoms with Crippen LogP contribution in [0.4, 0.5) is 0 Å². The van der Waals surface area contributed by atoms with Gasteiger partial charge in [-0.1, -0.05) is 6.07 Å². The summed E-state index contributed by atoms with van der Waals surface area (Å²) in [6, 6.07) is 6.60. The number of benzene rings is 2. The molecule has 0 amide bonds. The van der Waals surface area contributed by atoms with Gasteiger partial charge in [-0.2, -0.15) is 0 Å². The average Bonchev–Trinajstić information content (AvgIpc) is 2.91. The summed E-state index contributed by atoms with van der Waals surface area (Å²) in [5.74, 6) is -1.79. The maximum absolute atomic E-state index is 13.1. The molecule has 0 unspecified atom stereocenters. The van der Waals surface area contributed by atoms with Gasteiger partial charge in [0.2, 0.25) is 0 Å². The van der Waals surface area contributed by atoms with Crippen LogP contribution in [0.15, 0.2) is 45.6 Å². The molecular weight excluding hydrogens is 540 g/mol. The van der Waals surface area contributed by atoms with Gasteiger partial charge in [0, 0.05) is 12.1 Å². The van der Waals surface area contributed by atoms with Crippen molar-refractivity contribution in [3.8, 4) is 17.2 Å². The normalized spacial score (nSPS) is 22.6. The first kappa shape index (κ1) is 29.7. The van der Waals surface area contributed by atoms with E-state index in [1.54, 1.807) is 6.92 Å². The second kappa shape index (κ2) is 12.1. The molecule has 0 bridgehead atoms. The van der Waals surface area contributed by atoms with Crippen molar-refractivity contribution in [2.75, 3.05) is 13.7 Å². The summed E-state index contributed by atoms with van der Waals surface area (Å²) in [6.45, 7) is 2.28. The van der Waals surface area contributed by atoms with Gasteiger partial charge >= 0.3 is 5.97 Å². The third-order valence-electron chi connectivity index (χ3n) is 6.71. The topological polar surface area (TPSA) is 193 Å². The van der Waals surface area contributed by atoms with Crippen molar-refractivity contribution in [1.29, 1.82) is 0 Å². The van der Waals surface area contributed by atoms with Gasteiger partial charge in [-0.3, -0.25) is 9.59 Å². The Balaban J connectivity index is 1.83. The minimum atomic E-state index is -1.76. The number of aryl methyl sites for hydroxylation is 1. The zero-order valence-corrected chi connectivity index (χ0v) is 22.4. The van der Waals surface area contributed by atoms with E-state index in [2.05, 4.69) is 0 Å². The van der Waals surface area contributed by atoms with Crippen molar-refractivity contribution < 1.29 is 53.7 Å². The summed E-state index contributed by atoms with van der Waals surface area (Å²) >= 11 is 0. The Kier molecular flexibility index (Phi) is 8.78. The highest BCUT2D eigenvalue weighted by Gasteiger charge is 2.49. The zero-order valence-electron chi connectivity index (χ0n) is 22.4. The lowest BCUT2D eigenvalue weighted by Gasteiger charge is -2.42. The molecule has 1 saturated heterocycles. The molecular formula is C29H30O12. The smallest absolute Gasteiger partial charge is 0.331 e. The number of hydrogen-bond donors (Lipinski definition) is 5. The Morgan fingerprint density at radius 1 is 1.07 bits per heavy atom. The van der Waals surface area contributed by atoms with E-state index in [-0.39, 0.29) is 46.0 Å². The Bertz CT molecular complexity index is 1560. The number of rotatable bonds is 8. The molecule has 5 N–H and O–H groups in total. The van der Waals surface area contributed by atoms with Crippen molar-refractivity contribution >= 4 is 28.8 Å². The molecule has 1 fully saturated rings. The van der Waals surface area contributed by atoms with Crippen LogP contribution in [0, 0.1) is 6.92 Å². The molecule has 4 rings (SSSR count). The summed E-state index contributed by atoms with van der Waals surface area (Å²) in [4.78, 5) is 37.7. The molecule has 1 aliphatic heterocycles. The van der Waals surface area contributed by atoms with E-state index in [4.69, 9.17) is 18.6 Å². The summed E-state index contributed by atoms with van der Waals surface area (Å²) in [7, 11) is 1.34. The van der Waals surface area contributed by atoms with Gasteiger partial charge < -0.3 is 44.2 Å². The number of carbonyl (C=O) groups is 2. The van der Waals surface area contributed by atoms with Gasteiger partial charge in [0.25, 0.3) is 0 Å². The number of methoxy groups -OCH3 is 1.